The predicted molar refractivity (Wildman–Crippen MR) is 152 cm³/mol. The van der Waals surface area contributed by atoms with Gasteiger partial charge in [0, 0.05) is 24.1 Å². The average Bonchev–Trinajstić information content (AvgIpc) is 2.88. The summed E-state index contributed by atoms with van der Waals surface area (Å²) in [4.78, 5) is 27.1. The summed E-state index contributed by atoms with van der Waals surface area (Å²) in [6.45, 7) is 2.26. The molecule has 0 saturated carbocycles. The summed E-state index contributed by atoms with van der Waals surface area (Å²) >= 11 is 6.71. The molecule has 0 saturated heterocycles. The minimum Gasteiger partial charge on any atom is -0.496 e. The minimum atomic E-state index is -1.27. The van der Waals surface area contributed by atoms with Gasteiger partial charge in [-0.15, -0.1) is 0 Å². The molecule has 2 N–H and O–H groups in total. The molecule has 0 aliphatic rings. The minimum absolute atomic E-state index is 0.000896. The number of carboxylic acids is 1. The van der Waals surface area contributed by atoms with Crippen molar-refractivity contribution in [2.24, 2.45) is 0 Å². The molecule has 4 rings (SSSR count). The van der Waals surface area contributed by atoms with E-state index in [0.717, 1.165) is 27.5 Å². The number of carbonyl (C=O) groups is 2. The molecule has 1 amide bonds. The van der Waals surface area contributed by atoms with Crippen LogP contribution in [0.3, 0.4) is 0 Å². The highest BCUT2D eigenvalue weighted by Gasteiger charge is 2.25. The number of ether oxygens (including phenoxy) is 1. The molecule has 0 radical (unpaired) electrons. The number of fused-ring (bicyclic) bond motifs is 1. The Hall–Kier alpha value is -3.94. The van der Waals surface area contributed by atoms with Crippen molar-refractivity contribution in [2.45, 2.75) is 25.9 Å². The maximum atomic E-state index is 14.4. The van der Waals surface area contributed by atoms with E-state index in [1.165, 1.54) is 12.1 Å². The molecule has 1 atom stereocenters. The quantitative estimate of drug-likeness (QED) is 0.264. The van der Waals surface area contributed by atoms with Crippen LogP contribution in [-0.4, -0.2) is 49.1 Å². The van der Waals surface area contributed by atoms with Crippen molar-refractivity contribution in [1.82, 2.24) is 10.2 Å². The highest BCUT2D eigenvalue weighted by molar-refractivity contribution is 6.34. The lowest BCUT2D eigenvalue weighted by Crippen LogP contribution is -2.42. The number of methoxy groups -OCH3 is 1. The summed E-state index contributed by atoms with van der Waals surface area (Å²) in [5.41, 5.74) is 3.55. The van der Waals surface area contributed by atoms with Gasteiger partial charge in [0.25, 0.3) is 5.91 Å². The van der Waals surface area contributed by atoms with Gasteiger partial charge >= 0.3 is 5.97 Å². The number of carboxylic acid groups (broad SMARTS) is 1. The molecular weight excluding hydrogens is 519 g/mol. The molecule has 0 heterocycles. The second-order valence-corrected chi connectivity index (χ2v) is 10.1. The second kappa shape index (κ2) is 11.8. The van der Waals surface area contributed by atoms with Crippen LogP contribution in [0.2, 0.25) is 5.02 Å². The molecule has 0 unspecified atom stereocenters. The van der Waals surface area contributed by atoms with Crippen LogP contribution in [0, 0.1) is 12.7 Å². The Morgan fingerprint density at radius 1 is 1.00 bits per heavy atom. The van der Waals surface area contributed by atoms with Gasteiger partial charge in [-0.3, -0.25) is 4.79 Å². The number of rotatable bonds is 9. The zero-order valence-electron chi connectivity index (χ0n) is 22.2. The molecule has 0 bridgehead atoms. The number of benzene rings is 4. The van der Waals surface area contributed by atoms with Crippen LogP contribution in [0.4, 0.5) is 4.39 Å². The van der Waals surface area contributed by atoms with Crippen LogP contribution in [0.1, 0.15) is 27.0 Å². The molecule has 0 aliphatic heterocycles. The first-order valence-electron chi connectivity index (χ1n) is 12.4. The van der Waals surface area contributed by atoms with Gasteiger partial charge in [-0.05, 0) is 60.6 Å². The molecule has 202 valence electrons. The maximum absolute atomic E-state index is 14.4. The van der Waals surface area contributed by atoms with Gasteiger partial charge in [-0.1, -0.05) is 66.2 Å². The Balaban J connectivity index is 1.76. The first-order valence-corrected chi connectivity index (χ1v) is 12.8. The molecule has 0 spiro atoms. The van der Waals surface area contributed by atoms with Gasteiger partial charge in [0.15, 0.2) is 0 Å². The fourth-order valence-electron chi connectivity index (χ4n) is 4.89. The number of hydrogen-bond acceptors (Lipinski definition) is 4. The Morgan fingerprint density at radius 3 is 2.36 bits per heavy atom. The number of aryl methyl sites for hydroxylation is 1. The SMILES string of the molecule is COc1c(CN(C)C)ccc(Cl)c1-c1cccc2c(C[C@H](NC(=O)c3c(C)cccc3F)C(=O)O)cccc12. The number of amides is 1. The van der Waals surface area contributed by atoms with E-state index in [2.05, 4.69) is 5.32 Å². The van der Waals surface area contributed by atoms with Gasteiger partial charge in [0.1, 0.15) is 17.6 Å². The summed E-state index contributed by atoms with van der Waals surface area (Å²) in [6.07, 6.45) is 0.000896. The zero-order valence-corrected chi connectivity index (χ0v) is 23.0. The lowest BCUT2D eigenvalue weighted by Gasteiger charge is -2.20. The van der Waals surface area contributed by atoms with E-state index in [9.17, 15) is 19.1 Å². The van der Waals surface area contributed by atoms with E-state index in [1.54, 1.807) is 20.1 Å². The number of aliphatic carboxylic acids is 1. The smallest absolute Gasteiger partial charge is 0.326 e. The predicted octanol–water partition coefficient (Wildman–Crippen LogP) is 6.10. The monoisotopic (exact) mass is 548 g/mol. The van der Waals surface area contributed by atoms with Crippen molar-refractivity contribution in [1.29, 1.82) is 0 Å². The van der Waals surface area contributed by atoms with E-state index in [0.29, 0.717) is 28.4 Å². The summed E-state index contributed by atoms with van der Waals surface area (Å²) in [5, 5.41) is 14.6. The molecular formula is C31H30ClFN2O4. The molecule has 0 aliphatic carbocycles. The summed E-state index contributed by atoms with van der Waals surface area (Å²) in [5.74, 6) is -2.02. The Labute approximate surface area is 232 Å². The lowest BCUT2D eigenvalue weighted by molar-refractivity contribution is -0.139. The van der Waals surface area contributed by atoms with Gasteiger partial charge in [-0.25, -0.2) is 9.18 Å². The largest absolute Gasteiger partial charge is 0.496 e. The van der Waals surface area contributed by atoms with Crippen LogP contribution < -0.4 is 10.1 Å². The van der Waals surface area contributed by atoms with E-state index in [-0.39, 0.29) is 12.0 Å². The van der Waals surface area contributed by atoms with Gasteiger partial charge < -0.3 is 20.1 Å². The number of halogens is 2. The van der Waals surface area contributed by atoms with Crippen molar-refractivity contribution in [3.05, 3.63) is 99.8 Å². The summed E-state index contributed by atoms with van der Waals surface area (Å²) < 4.78 is 20.2. The van der Waals surface area contributed by atoms with E-state index in [1.807, 2.05) is 67.5 Å². The molecule has 6 nitrogen and oxygen atoms in total. The van der Waals surface area contributed by atoms with Crippen molar-refractivity contribution < 1.29 is 23.8 Å². The number of hydrogen-bond donors (Lipinski definition) is 2. The van der Waals surface area contributed by atoms with Crippen molar-refractivity contribution in [3.63, 3.8) is 0 Å². The average molecular weight is 549 g/mol. The molecule has 4 aromatic carbocycles. The van der Waals surface area contributed by atoms with Gasteiger partial charge in [-0.2, -0.15) is 0 Å². The molecule has 8 heteroatoms. The Morgan fingerprint density at radius 2 is 1.69 bits per heavy atom. The lowest BCUT2D eigenvalue weighted by atomic mass is 9.92. The number of nitrogens with zero attached hydrogens (tertiary/aromatic N) is 1. The van der Waals surface area contributed by atoms with Crippen molar-refractivity contribution in [2.75, 3.05) is 21.2 Å². The first-order chi connectivity index (χ1) is 18.6. The van der Waals surface area contributed by atoms with Gasteiger partial charge in [0.05, 0.1) is 17.7 Å². The number of carbonyl (C=O) groups excluding carboxylic acids is 1. The van der Waals surface area contributed by atoms with Crippen LogP contribution in [0.5, 0.6) is 5.75 Å². The van der Waals surface area contributed by atoms with Gasteiger partial charge in [0.2, 0.25) is 0 Å². The van der Waals surface area contributed by atoms with Crippen molar-refractivity contribution in [3.8, 4) is 16.9 Å². The van der Waals surface area contributed by atoms with Crippen molar-refractivity contribution >= 4 is 34.2 Å². The molecule has 4 aromatic rings. The van der Waals surface area contributed by atoms with Crippen LogP contribution in [0.15, 0.2) is 66.7 Å². The summed E-state index contributed by atoms with van der Waals surface area (Å²) in [7, 11) is 5.56. The van der Waals surface area contributed by atoms with E-state index in [4.69, 9.17) is 16.3 Å². The van der Waals surface area contributed by atoms with E-state index >= 15 is 0 Å². The maximum Gasteiger partial charge on any atom is 0.326 e. The molecule has 0 aromatic heterocycles. The standard InChI is InChI=1S/C31H30ClFN2O4/c1-18-8-5-13-25(33)27(18)30(36)34-26(31(37)38)16-19-9-6-11-22-21(19)10-7-12-23(22)28-24(32)15-14-20(17-35(2)3)29(28)39-4/h5-15,26H,16-17H2,1-4H3,(H,34,36)(H,37,38)/t26-/m0/s1. The van der Waals surface area contributed by atoms with Crippen LogP contribution >= 0.6 is 11.6 Å². The normalized spacial score (nSPS) is 12.0. The Bertz CT molecular complexity index is 1530. The zero-order chi connectivity index (χ0) is 28.3. The molecule has 0 fully saturated rings. The highest BCUT2D eigenvalue weighted by atomic mass is 35.5. The third-order valence-electron chi connectivity index (χ3n) is 6.64. The first kappa shape index (κ1) is 28.1. The third kappa shape index (κ3) is 5.90. The third-order valence-corrected chi connectivity index (χ3v) is 6.95. The highest BCUT2D eigenvalue weighted by Crippen LogP contribution is 2.43. The fourth-order valence-corrected chi connectivity index (χ4v) is 5.14. The van der Waals surface area contributed by atoms with Crippen LogP contribution in [0.25, 0.3) is 21.9 Å². The van der Waals surface area contributed by atoms with Crippen LogP contribution in [-0.2, 0) is 17.8 Å². The van der Waals surface area contributed by atoms with E-state index < -0.39 is 23.7 Å². The number of nitrogens with one attached hydrogen (secondary N) is 1. The summed E-state index contributed by atoms with van der Waals surface area (Å²) in [6, 6.07) is 18.1. The molecule has 39 heavy (non-hydrogen) atoms. The second-order valence-electron chi connectivity index (χ2n) is 9.67. The topological polar surface area (TPSA) is 78.9 Å². The fraction of sp³-hybridized carbons (Fsp3) is 0.226. The Kier molecular flexibility index (Phi) is 8.53.